The van der Waals surface area contributed by atoms with Gasteiger partial charge in [-0.2, -0.15) is 0 Å². The molecule has 0 spiro atoms. The number of nitrogens with one attached hydrogen (secondary N) is 1. The molecule has 2 aromatic carbocycles. The summed E-state index contributed by atoms with van der Waals surface area (Å²) in [5, 5.41) is 2.78. The van der Waals surface area contributed by atoms with Crippen LogP contribution in [0.25, 0.3) is 0 Å². The fourth-order valence-electron chi connectivity index (χ4n) is 3.26. The van der Waals surface area contributed by atoms with Gasteiger partial charge in [0, 0.05) is 17.9 Å². The van der Waals surface area contributed by atoms with Crippen LogP contribution in [0.4, 0.5) is 17.1 Å². The fourth-order valence-corrected chi connectivity index (χ4v) is 3.26. The molecule has 3 rings (SSSR count). The molecule has 1 aliphatic rings. The number of ether oxygens (including phenoxy) is 1. The Balaban J connectivity index is 0.00000280. The zero-order chi connectivity index (χ0) is 19.6. The number of nitrogens with zero attached hydrogens (tertiary/aromatic N) is 1. The molecule has 1 saturated heterocycles. The van der Waals surface area contributed by atoms with Crippen LogP contribution in [0.15, 0.2) is 42.5 Å². The molecular weight excluding hydrogens is 378 g/mol. The van der Waals surface area contributed by atoms with E-state index in [4.69, 9.17) is 10.5 Å². The van der Waals surface area contributed by atoms with Gasteiger partial charge in [0.1, 0.15) is 11.7 Å². The molecule has 2 amide bonds. The second-order valence-electron chi connectivity index (χ2n) is 7.02. The van der Waals surface area contributed by atoms with E-state index in [2.05, 4.69) is 19.2 Å². The van der Waals surface area contributed by atoms with Crippen molar-refractivity contribution in [2.45, 2.75) is 26.2 Å². The van der Waals surface area contributed by atoms with Crippen LogP contribution in [0, 0.1) is 5.92 Å². The van der Waals surface area contributed by atoms with Crippen molar-refractivity contribution < 1.29 is 14.3 Å². The molecule has 0 saturated carbocycles. The molecule has 0 radical (unpaired) electrons. The van der Waals surface area contributed by atoms with Crippen molar-refractivity contribution in [1.82, 2.24) is 0 Å². The van der Waals surface area contributed by atoms with Crippen molar-refractivity contribution in [1.29, 1.82) is 0 Å². The zero-order valence-electron chi connectivity index (χ0n) is 16.3. The van der Waals surface area contributed by atoms with Crippen molar-refractivity contribution in [3.05, 3.63) is 48.0 Å². The van der Waals surface area contributed by atoms with E-state index in [0.717, 1.165) is 5.69 Å². The van der Waals surface area contributed by atoms with E-state index in [1.54, 1.807) is 23.1 Å². The third kappa shape index (κ3) is 4.39. The lowest BCUT2D eigenvalue weighted by atomic mass is 10.0. The van der Waals surface area contributed by atoms with Gasteiger partial charge in [0.15, 0.2) is 0 Å². The summed E-state index contributed by atoms with van der Waals surface area (Å²) in [7, 11) is 1.53. The normalized spacial score (nSPS) is 16.1. The molecule has 7 heteroatoms. The van der Waals surface area contributed by atoms with Gasteiger partial charge in [-0.1, -0.05) is 26.0 Å². The number of amides is 2. The van der Waals surface area contributed by atoms with Gasteiger partial charge in [-0.05, 0) is 48.2 Å². The third-order valence-electron chi connectivity index (χ3n) is 4.89. The maximum Gasteiger partial charge on any atom is 0.239 e. The summed E-state index contributed by atoms with van der Waals surface area (Å²) in [5.41, 5.74) is 8.89. The van der Waals surface area contributed by atoms with Gasteiger partial charge in [-0.3, -0.25) is 9.59 Å². The number of nitrogen functional groups attached to an aromatic ring is 1. The van der Waals surface area contributed by atoms with Gasteiger partial charge in [0.05, 0.1) is 12.8 Å². The molecule has 1 unspecified atom stereocenters. The Hall–Kier alpha value is -2.73. The van der Waals surface area contributed by atoms with E-state index in [1.165, 1.54) is 12.7 Å². The highest BCUT2D eigenvalue weighted by Gasteiger charge is 2.37. The first-order valence-electron chi connectivity index (χ1n) is 9.06. The Kier molecular flexibility index (Phi) is 6.91. The molecule has 1 fully saturated rings. The van der Waals surface area contributed by atoms with Crippen molar-refractivity contribution in [2.75, 3.05) is 29.6 Å². The number of carbonyl (C=O) groups is 2. The second-order valence-corrected chi connectivity index (χ2v) is 7.02. The molecule has 6 nitrogen and oxygen atoms in total. The summed E-state index contributed by atoms with van der Waals surface area (Å²) < 4.78 is 5.11. The summed E-state index contributed by atoms with van der Waals surface area (Å²) in [5.74, 6) is -0.208. The maximum absolute atomic E-state index is 12.7. The van der Waals surface area contributed by atoms with Crippen LogP contribution in [0.5, 0.6) is 5.75 Å². The molecular formula is C21H26ClN3O3. The van der Waals surface area contributed by atoms with Gasteiger partial charge in [0.2, 0.25) is 11.8 Å². The number of nitrogens with two attached hydrogens (primary N) is 1. The van der Waals surface area contributed by atoms with Crippen LogP contribution >= 0.6 is 12.4 Å². The van der Waals surface area contributed by atoms with E-state index in [-0.39, 0.29) is 24.2 Å². The van der Waals surface area contributed by atoms with Crippen molar-refractivity contribution >= 4 is 41.3 Å². The van der Waals surface area contributed by atoms with Crippen LogP contribution in [0.3, 0.4) is 0 Å². The largest absolute Gasteiger partial charge is 0.495 e. The van der Waals surface area contributed by atoms with Crippen LogP contribution in [0.2, 0.25) is 0 Å². The third-order valence-corrected chi connectivity index (χ3v) is 4.89. The predicted octanol–water partition coefficient (Wildman–Crippen LogP) is 3.81. The number of hydrogen-bond donors (Lipinski definition) is 2. The minimum atomic E-state index is -0.696. The summed E-state index contributed by atoms with van der Waals surface area (Å²) >= 11 is 0. The van der Waals surface area contributed by atoms with E-state index in [0.29, 0.717) is 36.0 Å². The molecule has 28 heavy (non-hydrogen) atoms. The first-order valence-corrected chi connectivity index (χ1v) is 9.06. The van der Waals surface area contributed by atoms with Gasteiger partial charge in [0.25, 0.3) is 0 Å². The number of rotatable bonds is 5. The predicted molar refractivity (Wildman–Crippen MR) is 114 cm³/mol. The number of halogens is 1. The van der Waals surface area contributed by atoms with Gasteiger partial charge in [-0.25, -0.2) is 0 Å². The minimum Gasteiger partial charge on any atom is -0.495 e. The highest BCUT2D eigenvalue weighted by molar-refractivity contribution is 6.13. The lowest BCUT2D eigenvalue weighted by molar-refractivity contribution is -0.129. The van der Waals surface area contributed by atoms with Gasteiger partial charge in [-0.15, -0.1) is 12.4 Å². The molecule has 0 bridgehead atoms. The average molecular weight is 404 g/mol. The standard InChI is InChI=1S/C21H25N3O3.ClH/c1-13(2)14-4-7-16(8-5-14)24-11-10-17(21(24)26)20(25)23-15-6-9-19(27-3)18(22)12-15;/h4-9,12-13,17H,10-11,22H2,1-3H3,(H,23,25);1H. The molecule has 1 atom stereocenters. The monoisotopic (exact) mass is 403 g/mol. The zero-order valence-corrected chi connectivity index (χ0v) is 17.1. The van der Waals surface area contributed by atoms with E-state index in [9.17, 15) is 9.59 Å². The molecule has 1 aliphatic heterocycles. The Labute approximate surface area is 171 Å². The first kappa shape index (κ1) is 21.6. The van der Waals surface area contributed by atoms with Crippen molar-refractivity contribution in [2.24, 2.45) is 5.92 Å². The maximum atomic E-state index is 12.7. The molecule has 3 N–H and O–H groups in total. The average Bonchev–Trinajstić information content (AvgIpc) is 3.03. The van der Waals surface area contributed by atoms with Crippen LogP contribution in [-0.2, 0) is 9.59 Å². The minimum absolute atomic E-state index is 0. The summed E-state index contributed by atoms with van der Waals surface area (Å²) in [6.45, 7) is 4.79. The highest BCUT2D eigenvalue weighted by atomic mass is 35.5. The van der Waals surface area contributed by atoms with Crippen LogP contribution in [-0.4, -0.2) is 25.5 Å². The van der Waals surface area contributed by atoms with Crippen molar-refractivity contribution in [3.63, 3.8) is 0 Å². The number of carbonyl (C=O) groups excluding carboxylic acids is 2. The SMILES string of the molecule is COc1ccc(NC(=O)C2CCN(c3ccc(C(C)C)cc3)C2=O)cc1N.Cl. The number of methoxy groups -OCH3 is 1. The Morgan fingerprint density at radius 3 is 2.46 bits per heavy atom. The van der Waals surface area contributed by atoms with Crippen LogP contribution in [0.1, 0.15) is 31.7 Å². The second kappa shape index (κ2) is 8.97. The Morgan fingerprint density at radius 1 is 1.21 bits per heavy atom. The Morgan fingerprint density at radius 2 is 1.89 bits per heavy atom. The van der Waals surface area contributed by atoms with Gasteiger partial charge >= 0.3 is 0 Å². The summed E-state index contributed by atoms with van der Waals surface area (Å²) in [4.78, 5) is 27.0. The fraction of sp³-hybridized carbons (Fsp3) is 0.333. The van der Waals surface area contributed by atoms with Crippen LogP contribution < -0.4 is 20.7 Å². The highest BCUT2D eigenvalue weighted by Crippen LogP contribution is 2.29. The molecule has 0 aliphatic carbocycles. The molecule has 150 valence electrons. The lowest BCUT2D eigenvalue weighted by Crippen LogP contribution is -2.33. The van der Waals surface area contributed by atoms with E-state index >= 15 is 0 Å². The van der Waals surface area contributed by atoms with Gasteiger partial charge < -0.3 is 20.7 Å². The molecule has 2 aromatic rings. The number of anilines is 3. The Bertz CT molecular complexity index is 852. The van der Waals surface area contributed by atoms with E-state index in [1.807, 2.05) is 24.3 Å². The quantitative estimate of drug-likeness (QED) is 0.587. The number of hydrogen-bond acceptors (Lipinski definition) is 4. The lowest BCUT2D eigenvalue weighted by Gasteiger charge is -2.18. The number of benzene rings is 2. The summed E-state index contributed by atoms with van der Waals surface area (Å²) in [6, 6.07) is 13.0. The smallest absolute Gasteiger partial charge is 0.239 e. The summed E-state index contributed by atoms with van der Waals surface area (Å²) in [6.07, 6.45) is 0.488. The van der Waals surface area contributed by atoms with E-state index < -0.39 is 5.92 Å². The molecule has 1 heterocycles. The molecule has 0 aromatic heterocycles. The first-order chi connectivity index (χ1) is 12.9. The van der Waals surface area contributed by atoms with Crippen molar-refractivity contribution in [3.8, 4) is 5.75 Å². The topological polar surface area (TPSA) is 84.7 Å².